The van der Waals surface area contributed by atoms with Crippen LogP contribution in [0.25, 0.3) is 0 Å². The Hall–Kier alpha value is -1.84. The number of rotatable bonds is 7. The van der Waals surface area contributed by atoms with Crippen LogP contribution in [-0.2, 0) is 54.7 Å². The molecule has 0 amide bonds. The number of carbonyl (C=O) groups is 2. The molecule has 128 valence electrons. The molecule has 0 heterocycles. The van der Waals surface area contributed by atoms with Crippen molar-refractivity contribution in [3.05, 3.63) is 39.4 Å². The van der Waals surface area contributed by atoms with Crippen molar-refractivity contribution < 1.29 is 54.7 Å². The van der Waals surface area contributed by atoms with E-state index in [9.17, 15) is 9.59 Å². The monoisotopic (exact) mass is 368 g/mol. The summed E-state index contributed by atoms with van der Waals surface area (Å²) in [6.45, 7) is 22.2. The van der Waals surface area contributed by atoms with Crippen LogP contribution in [0.15, 0.2) is 0 Å². The zero-order valence-electron chi connectivity index (χ0n) is 12.6. The third kappa shape index (κ3) is 53.4. The van der Waals surface area contributed by atoms with Gasteiger partial charge in [-0.05, 0) is 13.8 Å². The van der Waals surface area contributed by atoms with Gasteiger partial charge < -0.3 is 9.47 Å². The molecule has 0 saturated carbocycles. The molecule has 0 unspecified atom stereocenters. The average Bonchev–Trinajstić information content (AvgIpc) is 2.59. The van der Waals surface area contributed by atoms with Gasteiger partial charge in [-0.1, -0.05) is 0 Å². The molecule has 0 bridgehead atoms. The van der Waals surface area contributed by atoms with Gasteiger partial charge in [0.05, 0.1) is 13.2 Å². The number of esters is 2. The van der Waals surface area contributed by atoms with Crippen LogP contribution in [0.1, 0.15) is 26.7 Å². The summed E-state index contributed by atoms with van der Waals surface area (Å²) in [6, 6.07) is 0. The van der Waals surface area contributed by atoms with Crippen LogP contribution < -0.4 is 0 Å². The van der Waals surface area contributed by atoms with E-state index in [1.54, 1.807) is 13.8 Å². The third-order valence-electron chi connectivity index (χ3n) is 1.36. The maximum atomic E-state index is 10.8. The summed E-state index contributed by atoms with van der Waals surface area (Å²) in [5.74, 6) is -0.686. The normalized spacial score (nSPS) is 5.83. The average molecular weight is 368 g/mol. The van der Waals surface area contributed by atoms with Gasteiger partial charge in [0.2, 0.25) is 0 Å². The van der Waals surface area contributed by atoms with Crippen molar-refractivity contribution in [1.82, 2.24) is 0 Å². The van der Waals surface area contributed by atoms with Crippen LogP contribution in [0.2, 0.25) is 0 Å². The van der Waals surface area contributed by atoms with Gasteiger partial charge in [0, 0.05) is 0 Å². The first-order valence-corrected chi connectivity index (χ1v) is 5.52. The van der Waals surface area contributed by atoms with Gasteiger partial charge in [-0.3, -0.25) is 22.4 Å². The fourth-order valence-electron chi connectivity index (χ4n) is 0.805. The molecule has 0 spiro atoms. The van der Waals surface area contributed by atoms with Crippen molar-refractivity contribution >= 4 is 11.9 Å². The SMILES string of the molecule is CCOC(=O)[CH-]CC[CH-]C(=O)OCC.[C-]#[O+].[C-]#[O+].[C-]#[O+].[C-]#[O+].[Fe+2]. The molecule has 8 nitrogen and oxygen atoms in total. The molecule has 0 saturated heterocycles. The van der Waals surface area contributed by atoms with E-state index in [0.717, 1.165) is 0 Å². The second-order valence-electron chi connectivity index (χ2n) is 2.49. The number of unbranched alkanes of at least 4 members (excludes halogenated alkanes) is 1. The van der Waals surface area contributed by atoms with E-state index in [0.29, 0.717) is 26.1 Å². The molecule has 0 N–H and O–H groups in total. The summed E-state index contributed by atoms with van der Waals surface area (Å²) in [4.78, 5) is 21.6. The van der Waals surface area contributed by atoms with Crippen LogP contribution in [-0.4, -0.2) is 25.2 Å². The summed E-state index contributed by atoms with van der Waals surface area (Å²) in [5.41, 5.74) is 0. The van der Waals surface area contributed by atoms with Gasteiger partial charge in [0.1, 0.15) is 0 Å². The fourth-order valence-corrected chi connectivity index (χ4v) is 0.805. The predicted octanol–water partition coefficient (Wildman–Crippen LogP) is 1.15. The Kier molecular flexibility index (Phi) is 81.4. The van der Waals surface area contributed by atoms with Crippen LogP contribution >= 0.6 is 0 Å². The quantitative estimate of drug-likeness (QED) is 0.219. The minimum atomic E-state index is -0.343. The standard InChI is InChI=1S/C10H16O4.4CO.Fe/c1-3-13-9(11)7-5-6-8-10(12)14-4-2;4*1-2;/h7-8H,3-6H2,1-2H3;;;;;/q-2;;;;;+2. The third-order valence-corrected chi connectivity index (χ3v) is 1.36. The van der Waals surface area contributed by atoms with E-state index in [4.69, 9.17) is 18.6 Å². The van der Waals surface area contributed by atoms with E-state index < -0.39 is 0 Å². The Balaban J connectivity index is -0.0000000695. The van der Waals surface area contributed by atoms with Crippen LogP contribution in [0, 0.1) is 39.4 Å². The van der Waals surface area contributed by atoms with Gasteiger partial charge in [-0.2, -0.15) is 12.8 Å². The van der Waals surface area contributed by atoms with Crippen molar-refractivity contribution in [2.75, 3.05) is 13.2 Å². The van der Waals surface area contributed by atoms with Gasteiger partial charge in [0.15, 0.2) is 11.9 Å². The molecule has 23 heavy (non-hydrogen) atoms. The number of hydrogen-bond donors (Lipinski definition) is 0. The topological polar surface area (TPSA) is 132 Å². The molecule has 0 radical (unpaired) electrons. The summed E-state index contributed by atoms with van der Waals surface area (Å²) in [7, 11) is 0. The number of ether oxygens (including phenoxy) is 2. The molecule has 0 aliphatic heterocycles. The second kappa shape index (κ2) is 50.1. The predicted molar refractivity (Wildman–Crippen MR) is 66.8 cm³/mol. The minimum Gasteiger partial charge on any atom is 2.00 e. The van der Waals surface area contributed by atoms with Crippen molar-refractivity contribution in [1.29, 1.82) is 0 Å². The first-order chi connectivity index (χ1) is 10.7. The maximum absolute atomic E-state index is 10.8. The van der Waals surface area contributed by atoms with Crippen LogP contribution in [0.4, 0.5) is 0 Å². The summed E-state index contributed by atoms with van der Waals surface area (Å²) < 4.78 is 39.3. The molecule has 0 rings (SSSR count). The Morgan fingerprint density at radius 2 is 0.957 bits per heavy atom. The summed E-state index contributed by atoms with van der Waals surface area (Å²) >= 11 is 0. The van der Waals surface area contributed by atoms with Crippen molar-refractivity contribution in [2.24, 2.45) is 0 Å². The first kappa shape index (κ1) is 37.4. The number of carbonyl (C=O) groups excluding carboxylic acids is 2. The van der Waals surface area contributed by atoms with Gasteiger partial charge >= 0.3 is 62.3 Å². The molecule has 0 atom stereocenters. The molecule has 0 fully saturated rings. The summed E-state index contributed by atoms with van der Waals surface area (Å²) in [5, 5.41) is 0. The van der Waals surface area contributed by atoms with E-state index in [1.807, 2.05) is 0 Å². The molecule has 0 aliphatic rings. The van der Waals surface area contributed by atoms with Gasteiger partial charge in [0.25, 0.3) is 0 Å². The zero-order valence-corrected chi connectivity index (χ0v) is 13.7. The van der Waals surface area contributed by atoms with E-state index >= 15 is 0 Å². The Labute approximate surface area is 146 Å². The van der Waals surface area contributed by atoms with Crippen molar-refractivity contribution in [2.45, 2.75) is 26.7 Å². The molecule has 9 heteroatoms. The molecule has 0 aliphatic carbocycles. The minimum absolute atomic E-state index is 0. The molecule has 0 aromatic heterocycles. The Morgan fingerprint density at radius 1 is 0.739 bits per heavy atom. The molecule has 0 aromatic rings. The van der Waals surface area contributed by atoms with Gasteiger partial charge in [-0.25, -0.2) is 0 Å². The largest absolute Gasteiger partial charge is 2.00 e. The molecule has 0 aromatic carbocycles. The van der Waals surface area contributed by atoms with Crippen LogP contribution in [0.3, 0.4) is 0 Å². The van der Waals surface area contributed by atoms with Gasteiger partial charge in [-0.15, -0.1) is 0 Å². The smallest absolute Gasteiger partial charge is 2.00 e. The zero-order chi connectivity index (χ0) is 18.8. The first-order valence-electron chi connectivity index (χ1n) is 5.52. The maximum Gasteiger partial charge on any atom is 2.00 e. The van der Waals surface area contributed by atoms with E-state index in [-0.39, 0.29) is 29.0 Å². The van der Waals surface area contributed by atoms with Crippen LogP contribution in [0.5, 0.6) is 0 Å². The Bertz CT molecular complexity index is 276. The Morgan fingerprint density at radius 3 is 1.13 bits per heavy atom. The fraction of sp³-hybridized carbons (Fsp3) is 0.429. The van der Waals surface area contributed by atoms with E-state index in [2.05, 4.69) is 36.1 Å². The second-order valence-corrected chi connectivity index (χ2v) is 2.49. The summed E-state index contributed by atoms with van der Waals surface area (Å²) in [6.07, 6.45) is 3.83. The molecular formula is C14H16FeO8. The molecular weight excluding hydrogens is 352 g/mol. The van der Waals surface area contributed by atoms with E-state index in [1.165, 1.54) is 12.8 Å². The number of hydrogen-bond acceptors (Lipinski definition) is 4. The van der Waals surface area contributed by atoms with Crippen molar-refractivity contribution in [3.8, 4) is 0 Å². The van der Waals surface area contributed by atoms with Crippen molar-refractivity contribution in [3.63, 3.8) is 0 Å².